The van der Waals surface area contributed by atoms with Crippen LogP contribution in [0.2, 0.25) is 0 Å². The number of hydrogen-bond donors (Lipinski definition) is 1. The average Bonchev–Trinajstić information content (AvgIpc) is 2.20. The van der Waals surface area contributed by atoms with Gasteiger partial charge in [0.25, 0.3) is 0 Å². The predicted octanol–water partition coefficient (Wildman–Crippen LogP) is 3.46. The van der Waals surface area contributed by atoms with E-state index in [2.05, 4.69) is 15.9 Å². The van der Waals surface area contributed by atoms with E-state index in [1.807, 2.05) is 37.3 Å². The third-order valence-electron chi connectivity index (χ3n) is 1.99. The molecule has 0 saturated heterocycles. The van der Waals surface area contributed by atoms with E-state index in [-0.39, 0.29) is 0 Å². The normalized spacial score (nSPS) is 13.1. The number of aliphatic hydroxyl groups excluding tert-OH is 1. The minimum Gasteiger partial charge on any atom is -0.489 e. The highest BCUT2D eigenvalue weighted by atomic mass is 79.9. The van der Waals surface area contributed by atoms with E-state index < -0.39 is 6.10 Å². The van der Waals surface area contributed by atoms with Crippen molar-refractivity contribution in [2.45, 2.75) is 20.0 Å². The summed E-state index contributed by atoms with van der Waals surface area (Å²) in [6.45, 7) is 4.20. The summed E-state index contributed by atoms with van der Waals surface area (Å²) in [5.74, 6) is 0.728. The van der Waals surface area contributed by atoms with Crippen molar-refractivity contribution in [1.29, 1.82) is 0 Å². The lowest BCUT2D eigenvalue weighted by atomic mass is 10.1. The SMILES string of the molecule is CC=CCOc1ccc(Br)cc1[C@H](C)O. The van der Waals surface area contributed by atoms with Crippen LogP contribution >= 0.6 is 15.9 Å². The maximum absolute atomic E-state index is 9.57. The molecule has 82 valence electrons. The molecule has 1 aromatic carbocycles. The van der Waals surface area contributed by atoms with Crippen molar-refractivity contribution in [1.82, 2.24) is 0 Å². The summed E-state index contributed by atoms with van der Waals surface area (Å²) in [6, 6.07) is 5.63. The van der Waals surface area contributed by atoms with E-state index in [0.29, 0.717) is 6.61 Å². The monoisotopic (exact) mass is 270 g/mol. The van der Waals surface area contributed by atoms with Gasteiger partial charge in [-0.1, -0.05) is 28.1 Å². The van der Waals surface area contributed by atoms with E-state index in [1.165, 1.54) is 0 Å². The molecule has 0 unspecified atom stereocenters. The number of halogens is 1. The Labute approximate surface area is 98.7 Å². The molecule has 1 aromatic rings. The largest absolute Gasteiger partial charge is 0.489 e. The summed E-state index contributed by atoms with van der Waals surface area (Å²) in [5.41, 5.74) is 0.800. The van der Waals surface area contributed by atoms with Gasteiger partial charge in [0.1, 0.15) is 12.4 Å². The second kappa shape index (κ2) is 5.93. The summed E-state index contributed by atoms with van der Waals surface area (Å²) in [4.78, 5) is 0. The smallest absolute Gasteiger partial charge is 0.125 e. The molecule has 0 heterocycles. The molecule has 1 rings (SSSR count). The second-order valence-corrected chi connectivity index (χ2v) is 4.15. The molecular weight excluding hydrogens is 256 g/mol. The zero-order valence-electron chi connectivity index (χ0n) is 8.90. The molecule has 0 fully saturated rings. The first kappa shape index (κ1) is 12.3. The summed E-state index contributed by atoms with van der Waals surface area (Å²) in [6.07, 6.45) is 3.33. The number of rotatable bonds is 4. The Morgan fingerprint density at radius 1 is 1.53 bits per heavy atom. The quantitative estimate of drug-likeness (QED) is 0.850. The van der Waals surface area contributed by atoms with Gasteiger partial charge in [0.2, 0.25) is 0 Å². The molecule has 1 N–H and O–H groups in total. The van der Waals surface area contributed by atoms with Crippen molar-refractivity contribution in [2.24, 2.45) is 0 Å². The van der Waals surface area contributed by atoms with Crippen LogP contribution in [0.5, 0.6) is 5.75 Å². The van der Waals surface area contributed by atoms with Gasteiger partial charge in [-0.2, -0.15) is 0 Å². The second-order valence-electron chi connectivity index (χ2n) is 3.24. The van der Waals surface area contributed by atoms with Crippen LogP contribution in [0.4, 0.5) is 0 Å². The Morgan fingerprint density at radius 2 is 2.27 bits per heavy atom. The number of ether oxygens (including phenoxy) is 1. The molecule has 15 heavy (non-hydrogen) atoms. The van der Waals surface area contributed by atoms with Gasteiger partial charge in [0.15, 0.2) is 0 Å². The lowest BCUT2D eigenvalue weighted by Crippen LogP contribution is -2.00. The van der Waals surface area contributed by atoms with Crippen molar-refractivity contribution in [3.63, 3.8) is 0 Å². The number of benzene rings is 1. The summed E-state index contributed by atoms with van der Waals surface area (Å²) in [5, 5.41) is 9.57. The predicted molar refractivity (Wildman–Crippen MR) is 65.1 cm³/mol. The van der Waals surface area contributed by atoms with Gasteiger partial charge in [-0.3, -0.25) is 0 Å². The molecule has 3 heteroatoms. The zero-order valence-corrected chi connectivity index (χ0v) is 10.5. The van der Waals surface area contributed by atoms with Crippen LogP contribution in [-0.4, -0.2) is 11.7 Å². The molecule has 0 aliphatic heterocycles. The first-order valence-electron chi connectivity index (χ1n) is 4.86. The Bertz CT molecular complexity index is 345. The molecule has 0 radical (unpaired) electrons. The lowest BCUT2D eigenvalue weighted by molar-refractivity contribution is 0.193. The molecule has 0 amide bonds. The van der Waals surface area contributed by atoms with Gasteiger partial charge in [0, 0.05) is 10.0 Å². The third-order valence-corrected chi connectivity index (χ3v) is 2.49. The number of hydrogen-bond acceptors (Lipinski definition) is 2. The van der Waals surface area contributed by atoms with Crippen LogP contribution in [-0.2, 0) is 0 Å². The van der Waals surface area contributed by atoms with Crippen LogP contribution < -0.4 is 4.74 Å². The molecule has 1 atom stereocenters. The summed E-state index contributed by atoms with van der Waals surface area (Å²) >= 11 is 3.37. The molecule has 0 bridgehead atoms. The minimum absolute atomic E-state index is 0.525. The van der Waals surface area contributed by atoms with Gasteiger partial charge in [-0.15, -0.1) is 0 Å². The van der Waals surface area contributed by atoms with Crippen LogP contribution in [0.3, 0.4) is 0 Å². The molecule has 0 aliphatic carbocycles. The lowest BCUT2D eigenvalue weighted by Gasteiger charge is -2.12. The summed E-state index contributed by atoms with van der Waals surface area (Å²) in [7, 11) is 0. The third kappa shape index (κ3) is 3.68. The highest BCUT2D eigenvalue weighted by molar-refractivity contribution is 9.10. The highest BCUT2D eigenvalue weighted by Gasteiger charge is 2.09. The zero-order chi connectivity index (χ0) is 11.3. The fourth-order valence-corrected chi connectivity index (χ4v) is 1.59. The standard InChI is InChI=1S/C12H15BrO2/c1-3-4-7-15-12-6-5-10(13)8-11(12)9(2)14/h3-6,8-9,14H,7H2,1-2H3/t9-/m0/s1. The van der Waals surface area contributed by atoms with Crippen LogP contribution in [0.15, 0.2) is 34.8 Å². The van der Waals surface area contributed by atoms with E-state index in [9.17, 15) is 5.11 Å². The number of allylic oxidation sites excluding steroid dienone is 1. The molecular formula is C12H15BrO2. The highest BCUT2D eigenvalue weighted by Crippen LogP contribution is 2.28. The van der Waals surface area contributed by atoms with Gasteiger partial charge in [-0.05, 0) is 32.0 Å². The fourth-order valence-electron chi connectivity index (χ4n) is 1.21. The molecule has 0 saturated carbocycles. The van der Waals surface area contributed by atoms with E-state index in [0.717, 1.165) is 15.8 Å². The first-order chi connectivity index (χ1) is 7.15. The van der Waals surface area contributed by atoms with Crippen molar-refractivity contribution in [2.75, 3.05) is 6.61 Å². The Balaban J connectivity index is 2.85. The maximum Gasteiger partial charge on any atom is 0.125 e. The number of aliphatic hydroxyl groups is 1. The van der Waals surface area contributed by atoms with Crippen molar-refractivity contribution >= 4 is 15.9 Å². The van der Waals surface area contributed by atoms with Crippen molar-refractivity contribution in [3.8, 4) is 5.75 Å². The molecule has 0 aromatic heterocycles. The topological polar surface area (TPSA) is 29.5 Å². The minimum atomic E-state index is -0.525. The Hall–Kier alpha value is -0.800. The van der Waals surface area contributed by atoms with E-state index >= 15 is 0 Å². The van der Waals surface area contributed by atoms with Crippen LogP contribution in [0, 0.1) is 0 Å². The van der Waals surface area contributed by atoms with Crippen molar-refractivity contribution in [3.05, 3.63) is 40.4 Å². The molecule has 0 spiro atoms. The fraction of sp³-hybridized carbons (Fsp3) is 0.333. The summed E-state index contributed by atoms with van der Waals surface area (Å²) < 4.78 is 6.47. The van der Waals surface area contributed by atoms with Crippen molar-refractivity contribution < 1.29 is 9.84 Å². The van der Waals surface area contributed by atoms with Gasteiger partial charge >= 0.3 is 0 Å². The van der Waals surface area contributed by atoms with Gasteiger partial charge < -0.3 is 9.84 Å². The van der Waals surface area contributed by atoms with Gasteiger partial charge in [0.05, 0.1) is 6.10 Å². The Kier molecular flexibility index (Phi) is 4.85. The van der Waals surface area contributed by atoms with Crippen LogP contribution in [0.25, 0.3) is 0 Å². The first-order valence-corrected chi connectivity index (χ1v) is 5.66. The van der Waals surface area contributed by atoms with Gasteiger partial charge in [-0.25, -0.2) is 0 Å². The molecule has 0 aliphatic rings. The van der Waals surface area contributed by atoms with E-state index in [4.69, 9.17) is 4.74 Å². The molecule has 2 nitrogen and oxygen atoms in total. The van der Waals surface area contributed by atoms with E-state index in [1.54, 1.807) is 6.92 Å². The maximum atomic E-state index is 9.57. The Morgan fingerprint density at radius 3 is 2.87 bits per heavy atom. The average molecular weight is 271 g/mol. The van der Waals surface area contributed by atoms with Crippen LogP contribution in [0.1, 0.15) is 25.5 Å².